The second kappa shape index (κ2) is 22.2. The average molecular weight is 1120 g/mol. The number of hydrogen-bond acceptors (Lipinski definition) is 0. The molecule has 0 saturated heterocycles. The Labute approximate surface area is 507 Å². The van der Waals surface area contributed by atoms with E-state index in [4.69, 9.17) is 0 Å². The molecule has 13 aromatic carbocycles. The van der Waals surface area contributed by atoms with Gasteiger partial charge in [0.05, 0.1) is 44.1 Å². The lowest BCUT2D eigenvalue weighted by Crippen LogP contribution is -1.97. The fraction of sp³-hybridized carbons (Fsp3) is 0.0602. The minimum Gasteiger partial charge on any atom is -0.309 e. The Morgan fingerprint density at radius 3 is 1.10 bits per heavy atom. The van der Waals surface area contributed by atoms with E-state index in [1.165, 1.54) is 154 Å². The van der Waals surface area contributed by atoms with Crippen LogP contribution in [0.25, 0.3) is 149 Å². The van der Waals surface area contributed by atoms with Gasteiger partial charge in [-0.1, -0.05) is 215 Å². The fourth-order valence-electron chi connectivity index (χ4n) is 13.8. The molecule has 17 aromatic rings. The SMILES string of the molecule is C/C=C\c1c(CC)ccc2c3cc(-c4ccc5c(c4)c4ccccc4n5-c4ccccc4)ccc3n(-c3ccccc3)c12.CC.c1ccc(-n2c3ccccc3c3cc(-c4cc5c6ccccc6n(-c6ccccc6)c5c5ccccc45)ccc32)cc1. The first-order valence-corrected chi connectivity index (χ1v) is 30.6. The monoisotopic (exact) mass is 1120 g/mol. The van der Waals surface area contributed by atoms with Crippen LogP contribution in [0.5, 0.6) is 0 Å². The average Bonchev–Trinajstić information content (AvgIpc) is 1.75. The normalized spacial score (nSPS) is 11.7. The van der Waals surface area contributed by atoms with Crippen LogP contribution in [-0.2, 0) is 6.42 Å². The highest BCUT2D eigenvalue weighted by molar-refractivity contribution is 6.23. The van der Waals surface area contributed by atoms with Crippen molar-refractivity contribution in [2.24, 2.45) is 0 Å². The van der Waals surface area contributed by atoms with Gasteiger partial charge in [-0.05, 0) is 156 Å². The third kappa shape index (κ3) is 8.74. The summed E-state index contributed by atoms with van der Waals surface area (Å²) >= 11 is 0. The zero-order chi connectivity index (χ0) is 58.5. The molecular weight excluding hydrogens is 1050 g/mol. The fourth-order valence-corrected chi connectivity index (χ4v) is 13.8. The van der Waals surface area contributed by atoms with E-state index >= 15 is 0 Å². The van der Waals surface area contributed by atoms with E-state index in [2.05, 4.69) is 335 Å². The van der Waals surface area contributed by atoms with E-state index in [0.29, 0.717) is 0 Å². The maximum absolute atomic E-state index is 2.44. The topological polar surface area (TPSA) is 19.7 Å². The van der Waals surface area contributed by atoms with Crippen LogP contribution in [0, 0.1) is 0 Å². The van der Waals surface area contributed by atoms with Crippen molar-refractivity contribution in [2.75, 3.05) is 0 Å². The molecular formula is C83H64N4. The molecule has 0 N–H and O–H groups in total. The predicted octanol–water partition coefficient (Wildman–Crippen LogP) is 22.9. The smallest absolute Gasteiger partial charge is 0.0619 e. The molecule has 4 aromatic heterocycles. The molecule has 17 rings (SSSR count). The molecule has 0 atom stereocenters. The van der Waals surface area contributed by atoms with Crippen molar-refractivity contribution in [1.82, 2.24) is 18.3 Å². The first-order valence-electron chi connectivity index (χ1n) is 30.6. The van der Waals surface area contributed by atoms with Crippen LogP contribution < -0.4 is 0 Å². The van der Waals surface area contributed by atoms with Crippen molar-refractivity contribution < 1.29 is 0 Å². The van der Waals surface area contributed by atoms with Gasteiger partial charge in [-0.15, -0.1) is 0 Å². The quantitative estimate of drug-likeness (QED) is 0.144. The van der Waals surface area contributed by atoms with Gasteiger partial charge in [0, 0.05) is 76.8 Å². The molecule has 0 unspecified atom stereocenters. The van der Waals surface area contributed by atoms with Crippen LogP contribution in [0.15, 0.2) is 297 Å². The summed E-state index contributed by atoms with van der Waals surface area (Å²) in [5, 5.41) is 12.7. The standard InChI is InChI=1S/C41H32N2.C40H26N2.C2H6/c1-3-13-33-28(4-2)20-23-35-37-27-30(22-25-40(37)43(41(33)35)32-16-9-6-10-17-32)29-21-24-39-36(26-29)34-18-11-12-19-38(34)42(39)31-14-7-5-8-15-31;1-3-13-28(14-4-1)41-37-21-11-9-18-31(37)35-25-27(23-24-39(35)41)34-26-36-32-19-10-12-22-38(32)42(29-15-5-2-6-16-29)40(36)33-20-8-7-17-30(33)34;1-2/h3,5-27H,4H2,1-2H3;1-26H;1-2H3/b13-3-;;. The van der Waals surface area contributed by atoms with Crippen molar-refractivity contribution in [1.29, 1.82) is 0 Å². The maximum atomic E-state index is 2.44. The molecule has 0 aliphatic carbocycles. The van der Waals surface area contributed by atoms with Gasteiger partial charge in [-0.25, -0.2) is 0 Å². The van der Waals surface area contributed by atoms with Gasteiger partial charge < -0.3 is 18.3 Å². The van der Waals surface area contributed by atoms with E-state index < -0.39 is 0 Å². The number of benzene rings is 13. The van der Waals surface area contributed by atoms with Crippen molar-refractivity contribution in [2.45, 2.75) is 34.1 Å². The number of aromatic nitrogens is 4. The van der Waals surface area contributed by atoms with Crippen LogP contribution in [0.1, 0.15) is 38.8 Å². The lowest BCUT2D eigenvalue weighted by molar-refractivity contribution is 1.12. The molecule has 87 heavy (non-hydrogen) atoms. The zero-order valence-corrected chi connectivity index (χ0v) is 49.4. The van der Waals surface area contributed by atoms with Gasteiger partial charge in [0.1, 0.15) is 0 Å². The Morgan fingerprint density at radius 1 is 0.276 bits per heavy atom. The second-order valence-electron chi connectivity index (χ2n) is 22.2. The van der Waals surface area contributed by atoms with Crippen LogP contribution >= 0.6 is 0 Å². The van der Waals surface area contributed by atoms with E-state index in [0.717, 1.165) is 6.42 Å². The molecule has 0 fully saturated rings. The van der Waals surface area contributed by atoms with Gasteiger partial charge in [0.2, 0.25) is 0 Å². The molecule has 0 spiro atoms. The van der Waals surface area contributed by atoms with E-state index in [1.54, 1.807) is 0 Å². The number of allylic oxidation sites excluding steroid dienone is 1. The Balaban J connectivity index is 0.000000143. The molecule has 0 aliphatic heterocycles. The van der Waals surface area contributed by atoms with Crippen molar-refractivity contribution in [3.63, 3.8) is 0 Å². The van der Waals surface area contributed by atoms with Crippen molar-refractivity contribution >= 4 is 104 Å². The molecule has 0 radical (unpaired) electrons. The highest BCUT2D eigenvalue weighted by Gasteiger charge is 2.22. The summed E-state index contributed by atoms with van der Waals surface area (Å²) in [6, 6.07) is 106. The highest BCUT2D eigenvalue weighted by Crippen LogP contribution is 2.44. The second-order valence-corrected chi connectivity index (χ2v) is 22.2. The maximum Gasteiger partial charge on any atom is 0.0619 e. The Hall–Kier alpha value is -10.9. The largest absolute Gasteiger partial charge is 0.309 e. The Bertz CT molecular complexity index is 5440. The third-order valence-electron chi connectivity index (χ3n) is 17.5. The van der Waals surface area contributed by atoms with Gasteiger partial charge in [-0.2, -0.15) is 0 Å². The van der Waals surface area contributed by atoms with Crippen molar-refractivity contribution in [3.05, 3.63) is 308 Å². The number of fused-ring (bicyclic) bond motifs is 14. The minimum atomic E-state index is 0.994. The lowest BCUT2D eigenvalue weighted by atomic mass is 9.94. The molecule has 4 heteroatoms. The first-order chi connectivity index (χ1) is 43.1. The van der Waals surface area contributed by atoms with Crippen LogP contribution in [0.2, 0.25) is 0 Å². The molecule has 4 heterocycles. The molecule has 0 aliphatic rings. The molecule has 0 amide bonds. The van der Waals surface area contributed by atoms with E-state index in [-0.39, 0.29) is 0 Å². The van der Waals surface area contributed by atoms with Gasteiger partial charge >= 0.3 is 0 Å². The summed E-state index contributed by atoms with van der Waals surface area (Å²) in [5.74, 6) is 0. The predicted molar refractivity (Wildman–Crippen MR) is 374 cm³/mol. The molecule has 4 nitrogen and oxygen atoms in total. The van der Waals surface area contributed by atoms with Crippen LogP contribution in [0.4, 0.5) is 0 Å². The number of rotatable bonds is 8. The van der Waals surface area contributed by atoms with Crippen molar-refractivity contribution in [3.8, 4) is 45.0 Å². The highest BCUT2D eigenvalue weighted by atomic mass is 15.0. The molecule has 0 bridgehead atoms. The summed E-state index contributed by atoms with van der Waals surface area (Å²) < 4.78 is 9.62. The number of hydrogen-bond donors (Lipinski definition) is 0. The molecule has 0 saturated carbocycles. The van der Waals surface area contributed by atoms with E-state index in [1.807, 2.05) is 13.8 Å². The zero-order valence-electron chi connectivity index (χ0n) is 49.4. The summed E-state index contributed by atoms with van der Waals surface area (Å²) in [5.41, 5.74) is 22.2. The summed E-state index contributed by atoms with van der Waals surface area (Å²) in [7, 11) is 0. The van der Waals surface area contributed by atoms with Gasteiger partial charge in [0.25, 0.3) is 0 Å². The number of nitrogens with zero attached hydrogens (tertiary/aromatic N) is 4. The van der Waals surface area contributed by atoms with E-state index in [9.17, 15) is 0 Å². The third-order valence-corrected chi connectivity index (χ3v) is 17.5. The first kappa shape index (κ1) is 52.8. The van der Waals surface area contributed by atoms with Gasteiger partial charge in [-0.3, -0.25) is 0 Å². The lowest BCUT2D eigenvalue weighted by Gasteiger charge is -2.13. The minimum absolute atomic E-state index is 0.994. The Morgan fingerprint density at radius 2 is 0.621 bits per heavy atom. The number of para-hydroxylation sites is 7. The van der Waals surface area contributed by atoms with Crippen LogP contribution in [-0.4, -0.2) is 18.3 Å². The molecule has 416 valence electrons. The van der Waals surface area contributed by atoms with Gasteiger partial charge in [0.15, 0.2) is 0 Å². The Kier molecular flexibility index (Phi) is 13.5. The summed E-state index contributed by atoms with van der Waals surface area (Å²) in [4.78, 5) is 0. The number of aryl methyl sites for hydroxylation is 1. The van der Waals surface area contributed by atoms with Crippen LogP contribution in [0.3, 0.4) is 0 Å². The summed E-state index contributed by atoms with van der Waals surface area (Å²) in [6.07, 6.45) is 5.43. The summed E-state index contributed by atoms with van der Waals surface area (Å²) in [6.45, 7) is 8.35.